The number of ketones is 1. The van der Waals surface area contributed by atoms with Crippen molar-refractivity contribution in [2.24, 2.45) is 5.73 Å². The van der Waals surface area contributed by atoms with Crippen molar-refractivity contribution >= 4 is 62.6 Å². The molecule has 0 bridgehead atoms. The molecule has 0 aromatic heterocycles. The lowest BCUT2D eigenvalue weighted by Crippen LogP contribution is -2.40. The highest BCUT2D eigenvalue weighted by Crippen LogP contribution is 2.39. The Morgan fingerprint density at radius 1 is 1.07 bits per heavy atom. The summed E-state index contributed by atoms with van der Waals surface area (Å²) in [5.74, 6) is -1.72. The third-order valence-corrected chi connectivity index (χ3v) is 7.55. The Morgan fingerprint density at radius 2 is 1.69 bits per heavy atom. The van der Waals surface area contributed by atoms with Gasteiger partial charge in [-0.25, -0.2) is 0 Å². The van der Waals surface area contributed by atoms with E-state index in [0.717, 1.165) is 0 Å². The van der Waals surface area contributed by atoms with Gasteiger partial charge in [-0.15, -0.1) is 0 Å². The highest BCUT2D eigenvalue weighted by Gasteiger charge is 2.51. The molecule has 6 nitrogen and oxygen atoms in total. The van der Waals surface area contributed by atoms with Crippen LogP contribution in [0.2, 0.25) is 10.0 Å². The summed E-state index contributed by atoms with van der Waals surface area (Å²) in [7, 11) is 0.114. The van der Waals surface area contributed by atoms with Crippen molar-refractivity contribution in [2.45, 2.75) is 10.0 Å². The lowest BCUT2D eigenvalue weighted by molar-refractivity contribution is -0.126. The van der Waals surface area contributed by atoms with Crippen molar-refractivity contribution in [1.29, 1.82) is 0 Å². The minimum atomic E-state index is -4.30. The summed E-state index contributed by atoms with van der Waals surface area (Å²) in [5, 5.41) is 0.515. The van der Waals surface area contributed by atoms with Crippen molar-refractivity contribution in [3.05, 3.63) is 81.3 Å². The number of carbonyl (C=O) groups excluding carboxylic acids is 1. The number of hydrogen-bond acceptors (Lipinski definition) is 6. The minimum Gasteiger partial charge on any atom is -0.467 e. The van der Waals surface area contributed by atoms with Crippen LogP contribution in [0.3, 0.4) is 0 Å². The van der Waals surface area contributed by atoms with Crippen molar-refractivity contribution in [1.82, 2.24) is 0 Å². The topological polar surface area (TPSA) is 95.7 Å². The fourth-order valence-corrected chi connectivity index (χ4v) is 4.21. The summed E-state index contributed by atoms with van der Waals surface area (Å²) in [4.78, 5) is 13.0. The number of ether oxygens (including phenoxy) is 1. The Labute approximate surface area is 181 Å². The van der Waals surface area contributed by atoms with Crippen LogP contribution >= 0.6 is 23.2 Å². The van der Waals surface area contributed by atoms with Gasteiger partial charge in [0.2, 0.25) is 17.4 Å². The van der Waals surface area contributed by atoms with Crippen LogP contribution < -0.4 is 5.73 Å². The molecule has 1 aliphatic heterocycles. The summed E-state index contributed by atoms with van der Waals surface area (Å²) in [6.07, 6.45) is 0. The predicted octanol–water partition coefficient (Wildman–Crippen LogP) is -0.0705. The summed E-state index contributed by atoms with van der Waals surface area (Å²) >= 11 is 12.0. The first-order valence-corrected chi connectivity index (χ1v) is 10.8. The number of rotatable bonds is 5. The molecule has 2 aromatic rings. The highest BCUT2D eigenvalue weighted by molar-refractivity contribution is 7.90. The Hall–Kier alpha value is -2.03. The van der Waals surface area contributed by atoms with Gasteiger partial charge >= 0.3 is 10.1 Å². The van der Waals surface area contributed by atoms with Gasteiger partial charge in [-0.1, -0.05) is 59.6 Å². The first-order valence-electron chi connectivity index (χ1n) is 8.59. The number of nitrogens with two attached hydrogens (primary N) is 1. The number of carbonyl (C=O) groups is 1. The van der Waals surface area contributed by atoms with Gasteiger partial charge in [0.05, 0.1) is 14.6 Å². The fraction of sp³-hybridized carbons (Fsp3) is 0.118. The molecule has 0 unspecified atom stereocenters. The second-order valence-electron chi connectivity index (χ2n) is 7.20. The average Bonchev–Trinajstić information content (AvgIpc) is 2.88. The number of halogens is 2. The highest BCUT2D eigenvalue weighted by atomic mass is 35.5. The van der Waals surface area contributed by atoms with Crippen LogP contribution in [0, 0.1) is 0 Å². The molecule has 0 spiro atoms. The van der Waals surface area contributed by atoms with Gasteiger partial charge in [0.1, 0.15) is 15.7 Å². The third kappa shape index (κ3) is 3.65. The van der Waals surface area contributed by atoms with Crippen LogP contribution in [-0.2, 0) is 33.9 Å². The molecule has 0 fully saturated rings. The van der Waals surface area contributed by atoms with Crippen LogP contribution in [0.1, 0.15) is 11.1 Å². The Kier molecular flexibility index (Phi) is 5.49. The van der Waals surface area contributed by atoms with Gasteiger partial charge in [-0.3, -0.25) is 4.79 Å². The van der Waals surface area contributed by atoms with Crippen LogP contribution in [0.15, 0.2) is 60.2 Å². The zero-order valence-corrected chi connectivity index (χ0v) is 18.2. The number of Topliss-reactive ketones (excluding diaryl/α,β-unsaturated/α-hetero) is 1. The van der Waals surface area contributed by atoms with E-state index >= 15 is 0 Å². The first-order chi connectivity index (χ1) is 13.4. The molecule has 1 aliphatic rings. The smallest absolute Gasteiger partial charge is 0.304 e. The zero-order valence-electron chi connectivity index (χ0n) is 15.9. The van der Waals surface area contributed by atoms with Crippen LogP contribution in [0.25, 0.3) is 0 Å². The number of hydrogen-bond donors (Lipinski definition) is 1. The van der Waals surface area contributed by atoms with E-state index in [0.29, 0.717) is 16.1 Å². The Balaban J connectivity index is 1.95. The zero-order chi connectivity index (χ0) is 21.6. The van der Waals surface area contributed by atoms with Gasteiger partial charge in [0, 0.05) is 0 Å². The third-order valence-electron chi connectivity index (χ3n) is 4.93. The summed E-state index contributed by atoms with van der Waals surface area (Å²) in [5.41, 5.74) is 5.09. The van der Waals surface area contributed by atoms with Crippen LogP contribution in [-0.4, -0.2) is 37.7 Å². The van der Waals surface area contributed by atoms with E-state index < -0.39 is 37.6 Å². The molecule has 0 radical (unpaired) electrons. The van der Waals surface area contributed by atoms with Gasteiger partial charge in [-0.2, -0.15) is 8.42 Å². The van der Waals surface area contributed by atoms with Crippen molar-refractivity contribution < 1.29 is 22.1 Å². The van der Waals surface area contributed by atoms with E-state index in [9.17, 15) is 13.2 Å². The summed E-state index contributed by atoms with van der Waals surface area (Å²) in [6.45, 7) is 0. The first kappa shape index (κ1) is 21.7. The quantitative estimate of drug-likeness (QED) is 0.507. The average molecular weight is 450 g/mol. The predicted molar refractivity (Wildman–Crippen MR) is 119 cm³/mol. The molecule has 3 rings (SSSR count). The van der Waals surface area contributed by atoms with E-state index in [1.165, 1.54) is 35.7 Å². The molecule has 0 saturated heterocycles. The Bertz CT molecular complexity index is 1130. The van der Waals surface area contributed by atoms with Crippen molar-refractivity contribution in [3.8, 4) is 0 Å². The lowest BCUT2D eigenvalue weighted by Gasteiger charge is -2.26. The maximum Gasteiger partial charge on any atom is 0.304 e. The standard InChI is InChI=1S/C17H16B3Cl2NO5S/c18-16(10-6-7-11(21)12(22)8-10)14(24)13(15(23)27-16)28-29(25,26)17(19,20)9-4-2-1-3-5-9/h1-8H,18-20,23H2/t16-/m1/s1. The van der Waals surface area contributed by atoms with Crippen molar-refractivity contribution in [3.63, 3.8) is 0 Å². The Morgan fingerprint density at radius 3 is 2.28 bits per heavy atom. The van der Waals surface area contributed by atoms with Gasteiger partial charge < -0.3 is 14.7 Å². The molecule has 1 heterocycles. The molecule has 12 heteroatoms. The molecule has 29 heavy (non-hydrogen) atoms. The van der Waals surface area contributed by atoms with Gasteiger partial charge in [-0.05, 0) is 23.3 Å². The molecule has 0 saturated carbocycles. The SMILES string of the molecule is BC(B)(c1ccccc1)S(=O)(=O)OC1=C(N)O[C@](B)(c2ccc(Cl)c(Cl)c2)C1=O. The molecule has 2 N–H and O–H groups in total. The summed E-state index contributed by atoms with van der Waals surface area (Å²) in [6, 6.07) is 13.0. The van der Waals surface area contributed by atoms with E-state index in [2.05, 4.69) is 0 Å². The maximum atomic E-state index is 13.0. The second kappa shape index (κ2) is 7.34. The van der Waals surface area contributed by atoms with E-state index in [-0.39, 0.29) is 5.02 Å². The van der Waals surface area contributed by atoms with Crippen LogP contribution in [0.4, 0.5) is 0 Å². The van der Waals surface area contributed by atoms with E-state index in [1.807, 2.05) is 0 Å². The molecule has 148 valence electrons. The normalized spacial score (nSPS) is 19.9. The van der Waals surface area contributed by atoms with Gasteiger partial charge in [0.25, 0.3) is 0 Å². The monoisotopic (exact) mass is 449 g/mol. The lowest BCUT2D eigenvalue weighted by atomic mass is 9.65. The van der Waals surface area contributed by atoms with Gasteiger partial charge in [0.15, 0.2) is 13.3 Å². The van der Waals surface area contributed by atoms with E-state index in [1.54, 1.807) is 36.4 Å². The van der Waals surface area contributed by atoms with E-state index in [4.69, 9.17) is 37.9 Å². The molecule has 0 amide bonds. The fourth-order valence-electron chi connectivity index (χ4n) is 2.90. The van der Waals surface area contributed by atoms with Crippen LogP contribution in [0.5, 0.6) is 0 Å². The second-order valence-corrected chi connectivity index (χ2v) is 10.1. The maximum absolute atomic E-state index is 13.0. The summed E-state index contributed by atoms with van der Waals surface area (Å²) < 4.78 is 35.3. The molecular weight excluding hydrogens is 434 g/mol. The molecule has 1 atom stereocenters. The largest absolute Gasteiger partial charge is 0.467 e. The molecule has 2 aromatic carbocycles. The minimum absolute atomic E-state index is 0.215. The van der Waals surface area contributed by atoms with Crippen molar-refractivity contribution in [2.75, 3.05) is 0 Å². The molecular formula is C17H16B3Cl2NO5S. The number of benzene rings is 2. The molecule has 0 aliphatic carbocycles.